The third-order valence-electron chi connectivity index (χ3n) is 4.02. The maximum atomic E-state index is 11.6. The second-order valence-electron chi connectivity index (χ2n) is 5.75. The fraction of sp³-hybridized carbons (Fsp3) is 0. The van der Waals surface area contributed by atoms with Crippen LogP contribution in [0.3, 0.4) is 0 Å². The molecule has 1 heterocycles. The van der Waals surface area contributed by atoms with Crippen molar-refractivity contribution in [2.45, 2.75) is 4.90 Å². The number of azo groups is 1. The summed E-state index contributed by atoms with van der Waals surface area (Å²) in [6.07, 6.45) is 1.38. The molecule has 0 bridgehead atoms. The molecule has 0 spiro atoms. The zero-order valence-electron chi connectivity index (χ0n) is 15.7. The van der Waals surface area contributed by atoms with E-state index >= 15 is 0 Å². The van der Waals surface area contributed by atoms with Crippen LogP contribution in [-0.2, 0) is 10.1 Å². The molecule has 1 N–H and O–H groups in total. The van der Waals surface area contributed by atoms with Gasteiger partial charge in [0.15, 0.2) is 5.75 Å². The summed E-state index contributed by atoms with van der Waals surface area (Å²) in [6.45, 7) is 0. The number of hydrogen-bond donors (Lipinski definition) is 1. The monoisotopic (exact) mass is 423 g/mol. The van der Waals surface area contributed by atoms with E-state index in [4.69, 9.17) is 0 Å². The van der Waals surface area contributed by atoms with E-state index in [0.29, 0.717) is 5.69 Å². The van der Waals surface area contributed by atoms with Gasteiger partial charge in [-0.2, -0.15) is 29.4 Å². The molecular formula is C19H11N3Na2O4S. The molecular weight excluding hydrogens is 412 g/mol. The summed E-state index contributed by atoms with van der Waals surface area (Å²) in [5, 5.41) is 20.3. The fourth-order valence-corrected chi connectivity index (χ4v) is 3.45. The summed E-state index contributed by atoms with van der Waals surface area (Å²) in [6, 6.07) is 17.7. The molecule has 134 valence electrons. The Morgan fingerprint density at radius 1 is 1.03 bits per heavy atom. The number of fused-ring (bicyclic) bond motifs is 2. The van der Waals surface area contributed by atoms with Crippen molar-refractivity contribution in [3.8, 4) is 5.75 Å². The Labute approximate surface area is 211 Å². The average molecular weight is 423 g/mol. The zero-order chi connectivity index (χ0) is 19.0. The van der Waals surface area contributed by atoms with E-state index in [-0.39, 0.29) is 81.5 Å². The molecule has 0 aliphatic heterocycles. The molecule has 7 nitrogen and oxygen atoms in total. The summed E-state index contributed by atoms with van der Waals surface area (Å²) < 4.78 is 34.8. The number of nitrogens with zero attached hydrogens (tertiary/aromatic N) is 3. The van der Waals surface area contributed by atoms with Gasteiger partial charge in [0, 0.05) is 11.6 Å². The average Bonchev–Trinajstić information content (AvgIpc) is 2.66. The predicted octanol–water partition coefficient (Wildman–Crippen LogP) is -1.78. The van der Waals surface area contributed by atoms with E-state index in [1.807, 2.05) is 18.2 Å². The van der Waals surface area contributed by atoms with Gasteiger partial charge in [0.25, 0.3) is 0 Å². The van der Waals surface area contributed by atoms with Crippen LogP contribution in [0.5, 0.6) is 5.75 Å². The second-order valence-corrected chi connectivity index (χ2v) is 7.10. The van der Waals surface area contributed by atoms with Crippen LogP contribution in [0, 0.1) is 6.07 Å². The normalized spacial score (nSPS) is 11.3. The SMILES string of the molecule is O=S(=O)([O-])c1cc(N=Nc2ccc3c[c-]ccc3c2)c(O)c2ncccc12.[Na+].[Na+]. The molecule has 0 fully saturated rings. The van der Waals surface area contributed by atoms with E-state index < -0.39 is 15.0 Å². The molecule has 0 aliphatic rings. The summed E-state index contributed by atoms with van der Waals surface area (Å²) in [5.41, 5.74) is 0.315. The number of aromatic hydroxyl groups is 1. The molecule has 0 atom stereocenters. The first-order valence-electron chi connectivity index (χ1n) is 7.82. The standard InChI is InChI=1S/C19H12N3O4S.2Na/c23-19-16(11-17(27(24,25)26)15-6-3-9-20-18(15)19)22-21-14-8-7-12-4-1-2-5-13(12)10-14;;/h2-11,23H,(H,24,25,26);;/q-1;2*+1/p-1. The van der Waals surface area contributed by atoms with Crippen LogP contribution in [0.4, 0.5) is 11.4 Å². The molecule has 0 saturated heterocycles. The van der Waals surface area contributed by atoms with Gasteiger partial charge in [-0.25, -0.2) is 8.42 Å². The Hall–Kier alpha value is -1.36. The van der Waals surface area contributed by atoms with Gasteiger partial charge < -0.3 is 9.66 Å². The largest absolute Gasteiger partial charge is 1.00 e. The summed E-state index contributed by atoms with van der Waals surface area (Å²) in [7, 11) is -4.79. The van der Waals surface area contributed by atoms with Crippen LogP contribution < -0.4 is 59.1 Å². The van der Waals surface area contributed by atoms with E-state index in [2.05, 4.69) is 21.3 Å². The number of benzene rings is 3. The molecule has 0 saturated carbocycles. The Kier molecular flexibility index (Phi) is 7.94. The fourth-order valence-electron chi connectivity index (χ4n) is 2.76. The molecule has 0 radical (unpaired) electrons. The van der Waals surface area contributed by atoms with Gasteiger partial charge in [-0.3, -0.25) is 4.98 Å². The Morgan fingerprint density at radius 3 is 2.59 bits per heavy atom. The topological polar surface area (TPSA) is 115 Å². The quantitative estimate of drug-likeness (QED) is 0.181. The van der Waals surface area contributed by atoms with Gasteiger partial charge in [-0.15, -0.1) is 22.0 Å². The molecule has 3 aromatic carbocycles. The second kappa shape index (κ2) is 9.63. The van der Waals surface area contributed by atoms with Gasteiger partial charge in [0.2, 0.25) is 0 Å². The van der Waals surface area contributed by atoms with Crippen LogP contribution in [0.15, 0.2) is 75.9 Å². The maximum absolute atomic E-state index is 11.6. The van der Waals surface area contributed by atoms with Crippen molar-refractivity contribution in [1.29, 1.82) is 0 Å². The third-order valence-corrected chi connectivity index (χ3v) is 4.90. The van der Waals surface area contributed by atoms with Crippen molar-refractivity contribution < 1.29 is 77.2 Å². The minimum absolute atomic E-state index is 0. The van der Waals surface area contributed by atoms with Crippen LogP contribution >= 0.6 is 0 Å². The maximum Gasteiger partial charge on any atom is 1.00 e. The van der Waals surface area contributed by atoms with Crippen molar-refractivity contribution in [2.24, 2.45) is 10.2 Å². The smallest absolute Gasteiger partial charge is 0.744 e. The van der Waals surface area contributed by atoms with Crippen molar-refractivity contribution in [3.05, 3.63) is 66.9 Å². The molecule has 0 unspecified atom stereocenters. The van der Waals surface area contributed by atoms with Crippen LogP contribution in [0.25, 0.3) is 21.7 Å². The number of hydrogen-bond acceptors (Lipinski definition) is 7. The molecule has 10 heteroatoms. The zero-order valence-corrected chi connectivity index (χ0v) is 20.5. The minimum atomic E-state index is -4.79. The third kappa shape index (κ3) is 5.04. The Bertz CT molecular complexity index is 1330. The Morgan fingerprint density at radius 2 is 1.83 bits per heavy atom. The number of phenols is 1. The molecule has 1 aromatic heterocycles. The molecule has 29 heavy (non-hydrogen) atoms. The van der Waals surface area contributed by atoms with E-state index in [1.165, 1.54) is 18.3 Å². The van der Waals surface area contributed by atoms with Gasteiger partial charge in [-0.1, -0.05) is 6.07 Å². The number of rotatable bonds is 3. The number of aromatic nitrogens is 1. The van der Waals surface area contributed by atoms with Crippen LogP contribution in [-0.4, -0.2) is 23.1 Å². The first-order valence-corrected chi connectivity index (χ1v) is 9.22. The van der Waals surface area contributed by atoms with Crippen LogP contribution in [0.2, 0.25) is 0 Å². The number of phenolic OH excluding ortho intramolecular Hbond substituents is 1. The summed E-state index contributed by atoms with van der Waals surface area (Å²) in [4.78, 5) is 3.45. The summed E-state index contributed by atoms with van der Waals surface area (Å²) >= 11 is 0. The van der Waals surface area contributed by atoms with Gasteiger partial charge in [0.05, 0.1) is 10.6 Å². The van der Waals surface area contributed by atoms with Crippen molar-refractivity contribution in [1.82, 2.24) is 4.98 Å². The molecule has 4 rings (SSSR count). The van der Waals surface area contributed by atoms with E-state index in [1.54, 1.807) is 18.2 Å². The first-order chi connectivity index (χ1) is 12.9. The summed E-state index contributed by atoms with van der Waals surface area (Å²) in [5.74, 6) is -0.350. The minimum Gasteiger partial charge on any atom is -0.744 e. The predicted molar refractivity (Wildman–Crippen MR) is 98.3 cm³/mol. The molecule has 4 aromatic rings. The van der Waals surface area contributed by atoms with Gasteiger partial charge in [-0.05, 0) is 24.3 Å². The van der Waals surface area contributed by atoms with Crippen LogP contribution in [0.1, 0.15) is 0 Å². The van der Waals surface area contributed by atoms with Crippen molar-refractivity contribution in [3.63, 3.8) is 0 Å². The Balaban J connectivity index is 0.00000150. The van der Waals surface area contributed by atoms with Gasteiger partial charge in [0.1, 0.15) is 21.3 Å². The first kappa shape index (κ1) is 23.9. The van der Waals surface area contributed by atoms with Crippen molar-refractivity contribution >= 4 is 43.2 Å². The molecule has 0 amide bonds. The van der Waals surface area contributed by atoms with E-state index in [0.717, 1.165) is 16.8 Å². The van der Waals surface area contributed by atoms with Gasteiger partial charge >= 0.3 is 59.1 Å². The molecule has 0 aliphatic carbocycles. The number of pyridine rings is 1. The van der Waals surface area contributed by atoms with Crippen molar-refractivity contribution in [2.75, 3.05) is 0 Å². The van der Waals surface area contributed by atoms with E-state index in [9.17, 15) is 18.1 Å².